The summed E-state index contributed by atoms with van der Waals surface area (Å²) in [4.78, 5) is 20.9. The Bertz CT molecular complexity index is 910. The van der Waals surface area contributed by atoms with E-state index in [1.54, 1.807) is 18.6 Å². The van der Waals surface area contributed by atoms with Crippen molar-refractivity contribution in [1.29, 1.82) is 0 Å². The lowest BCUT2D eigenvalue weighted by atomic mass is 10.1. The van der Waals surface area contributed by atoms with Crippen LogP contribution in [0.4, 0.5) is 10.6 Å². The first-order chi connectivity index (χ1) is 12.8. The number of carbonyl (C=O) groups excluding carboxylic acids is 1. The number of nitrogens with one attached hydrogen (secondary N) is 2. The van der Waals surface area contributed by atoms with Gasteiger partial charge in [0.1, 0.15) is 5.82 Å². The second-order valence-corrected chi connectivity index (χ2v) is 7.31. The largest absolute Gasteiger partial charge is 0.332 e. The first-order valence-electron chi connectivity index (χ1n) is 8.81. The number of hydrogen-bond donors (Lipinski definition) is 2. The molecule has 7 heteroatoms. The molecule has 0 bridgehead atoms. The fraction of sp³-hybridized carbons (Fsp3) is 0.300. The molecule has 0 aliphatic carbocycles. The molecule has 0 radical (unpaired) electrons. The van der Waals surface area contributed by atoms with Crippen LogP contribution in [0.2, 0.25) is 0 Å². The van der Waals surface area contributed by atoms with Gasteiger partial charge in [-0.2, -0.15) is 5.10 Å². The van der Waals surface area contributed by atoms with Crippen molar-refractivity contribution in [3.63, 3.8) is 0 Å². The Morgan fingerprint density at radius 1 is 1.07 bits per heavy atom. The summed E-state index contributed by atoms with van der Waals surface area (Å²) in [5, 5.41) is 10.3. The van der Waals surface area contributed by atoms with E-state index in [-0.39, 0.29) is 11.6 Å². The van der Waals surface area contributed by atoms with Gasteiger partial charge in [0, 0.05) is 11.8 Å². The molecular weight excluding hydrogens is 340 g/mol. The minimum absolute atomic E-state index is 0.280. The Balaban J connectivity index is 1.80. The molecule has 0 spiro atoms. The summed E-state index contributed by atoms with van der Waals surface area (Å²) < 4.78 is 1.82. The monoisotopic (exact) mass is 364 g/mol. The van der Waals surface area contributed by atoms with Crippen molar-refractivity contribution < 1.29 is 4.79 Å². The van der Waals surface area contributed by atoms with Gasteiger partial charge in [0.25, 0.3) is 0 Å². The number of nitrogens with zero attached hydrogens (tertiary/aromatic N) is 4. The third kappa shape index (κ3) is 4.49. The van der Waals surface area contributed by atoms with Gasteiger partial charge in [-0.25, -0.2) is 9.48 Å². The minimum atomic E-state index is -0.319. The SMILES string of the molecule is Cc1cnc(CNC(=O)Nc2c(-c3ccccc3)cnn2C(C)(C)C)cn1. The van der Waals surface area contributed by atoms with Crippen LogP contribution in [-0.2, 0) is 12.1 Å². The molecule has 0 atom stereocenters. The van der Waals surface area contributed by atoms with Crippen LogP contribution in [0.15, 0.2) is 48.9 Å². The van der Waals surface area contributed by atoms with Gasteiger partial charge in [0.15, 0.2) is 0 Å². The lowest BCUT2D eigenvalue weighted by Crippen LogP contribution is -2.32. The fourth-order valence-electron chi connectivity index (χ4n) is 2.64. The van der Waals surface area contributed by atoms with Crippen LogP contribution < -0.4 is 10.6 Å². The quantitative estimate of drug-likeness (QED) is 0.739. The molecule has 0 saturated carbocycles. The van der Waals surface area contributed by atoms with Gasteiger partial charge >= 0.3 is 6.03 Å². The molecule has 2 heterocycles. The van der Waals surface area contributed by atoms with E-state index in [0.29, 0.717) is 18.1 Å². The number of urea groups is 1. The molecule has 2 aromatic heterocycles. The van der Waals surface area contributed by atoms with E-state index in [9.17, 15) is 4.79 Å². The summed E-state index contributed by atoms with van der Waals surface area (Å²) in [6, 6.07) is 9.55. The van der Waals surface area contributed by atoms with Crippen LogP contribution in [0, 0.1) is 6.92 Å². The van der Waals surface area contributed by atoms with Crippen molar-refractivity contribution in [1.82, 2.24) is 25.1 Å². The molecule has 0 unspecified atom stereocenters. The van der Waals surface area contributed by atoms with Gasteiger partial charge < -0.3 is 5.32 Å². The van der Waals surface area contributed by atoms with E-state index >= 15 is 0 Å². The number of rotatable bonds is 4. The van der Waals surface area contributed by atoms with Crippen LogP contribution in [0.1, 0.15) is 32.2 Å². The number of hydrogen-bond acceptors (Lipinski definition) is 4. The lowest BCUT2D eigenvalue weighted by molar-refractivity contribution is 0.251. The van der Waals surface area contributed by atoms with Gasteiger partial charge in [-0.1, -0.05) is 30.3 Å². The Labute approximate surface area is 158 Å². The first kappa shape index (κ1) is 18.6. The van der Waals surface area contributed by atoms with E-state index in [4.69, 9.17) is 0 Å². The van der Waals surface area contributed by atoms with Crippen LogP contribution in [0.25, 0.3) is 11.1 Å². The predicted molar refractivity (Wildman–Crippen MR) is 105 cm³/mol. The average Bonchev–Trinajstić information content (AvgIpc) is 3.06. The lowest BCUT2D eigenvalue weighted by Gasteiger charge is -2.23. The molecule has 1 aromatic carbocycles. The predicted octanol–water partition coefficient (Wildman–Crippen LogP) is 3.73. The zero-order valence-corrected chi connectivity index (χ0v) is 16.0. The van der Waals surface area contributed by atoms with Crippen molar-refractivity contribution in [3.05, 3.63) is 60.3 Å². The Kier molecular flexibility index (Phi) is 5.21. The zero-order chi connectivity index (χ0) is 19.4. The highest BCUT2D eigenvalue weighted by Crippen LogP contribution is 2.31. The van der Waals surface area contributed by atoms with E-state index < -0.39 is 0 Å². The molecule has 3 aromatic rings. The second-order valence-electron chi connectivity index (χ2n) is 7.31. The summed E-state index contributed by atoms with van der Waals surface area (Å²) in [7, 11) is 0. The van der Waals surface area contributed by atoms with Gasteiger partial charge in [-0.15, -0.1) is 0 Å². The third-order valence-corrected chi connectivity index (χ3v) is 3.99. The smallest absolute Gasteiger partial charge is 0.320 e. The Hall–Kier alpha value is -3.22. The average molecular weight is 364 g/mol. The number of aryl methyl sites for hydroxylation is 1. The van der Waals surface area contributed by atoms with Crippen molar-refractivity contribution in [2.75, 3.05) is 5.32 Å². The summed E-state index contributed by atoms with van der Waals surface area (Å²) in [6.45, 7) is 8.29. The number of carbonyl (C=O) groups is 1. The van der Waals surface area contributed by atoms with Crippen LogP contribution in [0.3, 0.4) is 0 Å². The standard InChI is InChI=1S/C20H24N6O/c1-14-10-22-16(11-21-14)12-23-19(27)25-18-17(15-8-6-5-7-9-15)13-24-26(18)20(2,3)4/h5-11,13H,12H2,1-4H3,(H2,23,25,27). The Morgan fingerprint density at radius 2 is 1.81 bits per heavy atom. The second kappa shape index (κ2) is 7.57. The molecule has 27 heavy (non-hydrogen) atoms. The molecule has 2 N–H and O–H groups in total. The summed E-state index contributed by atoms with van der Waals surface area (Å²) in [5.74, 6) is 0.654. The molecular formula is C20H24N6O. The maximum absolute atomic E-state index is 12.5. The topological polar surface area (TPSA) is 84.7 Å². The highest BCUT2D eigenvalue weighted by molar-refractivity contribution is 5.93. The molecule has 3 rings (SSSR count). The fourth-order valence-corrected chi connectivity index (χ4v) is 2.64. The van der Waals surface area contributed by atoms with E-state index in [0.717, 1.165) is 16.8 Å². The minimum Gasteiger partial charge on any atom is -0.332 e. The third-order valence-electron chi connectivity index (χ3n) is 3.99. The summed E-state index contributed by atoms with van der Waals surface area (Å²) in [6.07, 6.45) is 5.11. The summed E-state index contributed by atoms with van der Waals surface area (Å²) >= 11 is 0. The maximum atomic E-state index is 12.5. The number of anilines is 1. The molecule has 0 aliphatic heterocycles. The highest BCUT2D eigenvalue weighted by Gasteiger charge is 2.23. The number of amides is 2. The van der Waals surface area contributed by atoms with Crippen molar-refractivity contribution in [2.45, 2.75) is 39.8 Å². The van der Waals surface area contributed by atoms with Gasteiger partial charge in [-0.05, 0) is 33.3 Å². The maximum Gasteiger partial charge on any atom is 0.320 e. The van der Waals surface area contributed by atoms with Crippen molar-refractivity contribution >= 4 is 11.8 Å². The number of aromatic nitrogens is 4. The molecule has 0 fully saturated rings. The van der Waals surface area contributed by atoms with Gasteiger partial charge in [0.2, 0.25) is 0 Å². The molecule has 0 aliphatic rings. The first-order valence-corrected chi connectivity index (χ1v) is 8.81. The molecule has 0 saturated heterocycles. The van der Waals surface area contributed by atoms with Gasteiger partial charge in [-0.3, -0.25) is 15.3 Å². The highest BCUT2D eigenvalue weighted by atomic mass is 16.2. The molecule has 140 valence electrons. The molecule has 7 nitrogen and oxygen atoms in total. The number of benzene rings is 1. The van der Waals surface area contributed by atoms with E-state index in [1.807, 2.05) is 62.7 Å². The van der Waals surface area contributed by atoms with E-state index in [1.165, 1.54) is 0 Å². The Morgan fingerprint density at radius 3 is 2.44 bits per heavy atom. The van der Waals surface area contributed by atoms with Crippen LogP contribution >= 0.6 is 0 Å². The normalized spacial score (nSPS) is 11.3. The van der Waals surface area contributed by atoms with Crippen molar-refractivity contribution in [2.24, 2.45) is 0 Å². The van der Waals surface area contributed by atoms with Crippen molar-refractivity contribution in [3.8, 4) is 11.1 Å². The van der Waals surface area contributed by atoms with Crippen LogP contribution in [-0.4, -0.2) is 25.8 Å². The van der Waals surface area contributed by atoms with E-state index in [2.05, 4.69) is 25.7 Å². The van der Waals surface area contributed by atoms with Gasteiger partial charge in [0.05, 0.1) is 35.9 Å². The molecule has 2 amide bonds. The zero-order valence-electron chi connectivity index (χ0n) is 16.0. The summed E-state index contributed by atoms with van der Waals surface area (Å²) in [5.41, 5.74) is 3.12. The van der Waals surface area contributed by atoms with Crippen LogP contribution in [0.5, 0.6) is 0 Å².